The van der Waals surface area contributed by atoms with Crippen LogP contribution < -0.4 is 0 Å². The second kappa shape index (κ2) is 4.79. The lowest BCUT2D eigenvalue weighted by atomic mass is 9.92. The van der Waals surface area contributed by atoms with Crippen molar-refractivity contribution < 1.29 is 19.8 Å². The van der Waals surface area contributed by atoms with Crippen LogP contribution in [-0.2, 0) is 9.59 Å². The summed E-state index contributed by atoms with van der Waals surface area (Å²) in [5.41, 5.74) is 0.0746. The molecular formula is C11H15NO4S2. The molecule has 0 aliphatic carbocycles. The largest absolute Gasteiger partial charge is 0.477 e. The van der Waals surface area contributed by atoms with Crippen LogP contribution in [0.3, 0.4) is 0 Å². The number of aliphatic hydroxyl groups excluding tert-OH is 1. The Kier molecular flexibility index (Phi) is 3.66. The fourth-order valence-electron chi connectivity index (χ4n) is 2.05. The van der Waals surface area contributed by atoms with Crippen LogP contribution in [0.2, 0.25) is 0 Å². The van der Waals surface area contributed by atoms with E-state index in [1.165, 1.54) is 28.4 Å². The third-order valence-corrected chi connectivity index (χ3v) is 5.42. The fourth-order valence-corrected chi connectivity index (χ4v) is 5.19. The summed E-state index contributed by atoms with van der Waals surface area (Å²) in [5.74, 6) is -1.86. The van der Waals surface area contributed by atoms with E-state index in [1.54, 1.807) is 6.92 Å². The molecule has 7 heteroatoms. The first kappa shape index (κ1) is 13.8. The molecule has 2 heterocycles. The van der Waals surface area contributed by atoms with Gasteiger partial charge >= 0.3 is 5.97 Å². The van der Waals surface area contributed by atoms with Gasteiger partial charge in [-0.1, -0.05) is 25.6 Å². The van der Waals surface area contributed by atoms with Gasteiger partial charge < -0.3 is 10.2 Å². The molecular weight excluding hydrogens is 274 g/mol. The smallest absolute Gasteiger partial charge is 0.354 e. The van der Waals surface area contributed by atoms with E-state index in [2.05, 4.69) is 0 Å². The number of carbonyl (C=O) groups is 2. The molecule has 1 fully saturated rings. The number of aliphatic carboxylic acids is 1. The van der Waals surface area contributed by atoms with Gasteiger partial charge in [-0.2, -0.15) is 0 Å². The van der Waals surface area contributed by atoms with Gasteiger partial charge in [0.15, 0.2) is 5.70 Å². The Hall–Kier alpha value is -0.660. The van der Waals surface area contributed by atoms with E-state index in [0.29, 0.717) is 4.24 Å². The van der Waals surface area contributed by atoms with Crippen molar-refractivity contribution in [1.29, 1.82) is 0 Å². The summed E-state index contributed by atoms with van der Waals surface area (Å²) in [6, 6.07) is 0. The Morgan fingerprint density at radius 3 is 2.50 bits per heavy atom. The molecule has 1 saturated heterocycles. The highest BCUT2D eigenvalue weighted by Crippen LogP contribution is 2.54. The number of hydrogen-bond acceptors (Lipinski definition) is 5. The van der Waals surface area contributed by atoms with Crippen molar-refractivity contribution in [1.82, 2.24) is 4.90 Å². The van der Waals surface area contributed by atoms with Gasteiger partial charge in [-0.3, -0.25) is 9.69 Å². The zero-order valence-electron chi connectivity index (χ0n) is 10.3. The minimum absolute atomic E-state index is 0.0746. The van der Waals surface area contributed by atoms with E-state index in [0.717, 1.165) is 0 Å². The summed E-state index contributed by atoms with van der Waals surface area (Å²) in [7, 11) is 0. The number of hydrogen-bond donors (Lipinski definition) is 2. The van der Waals surface area contributed by atoms with Crippen LogP contribution in [0, 0.1) is 5.92 Å². The number of nitrogens with zero attached hydrogens (tertiary/aromatic N) is 1. The van der Waals surface area contributed by atoms with Crippen molar-refractivity contribution in [3.05, 3.63) is 9.93 Å². The summed E-state index contributed by atoms with van der Waals surface area (Å²) < 4.78 is 0.666. The van der Waals surface area contributed by atoms with E-state index in [1.807, 2.05) is 13.8 Å². The number of carboxylic acids is 1. The fraction of sp³-hybridized carbons (Fsp3) is 0.636. The van der Waals surface area contributed by atoms with Crippen LogP contribution in [0.25, 0.3) is 0 Å². The number of aliphatic hydroxyl groups is 1. The van der Waals surface area contributed by atoms with Crippen LogP contribution in [-0.4, -0.2) is 43.7 Å². The first-order valence-electron chi connectivity index (χ1n) is 5.66. The van der Waals surface area contributed by atoms with Gasteiger partial charge in [-0.25, -0.2) is 4.79 Å². The Labute approximate surface area is 114 Å². The first-order chi connectivity index (χ1) is 8.34. The summed E-state index contributed by atoms with van der Waals surface area (Å²) in [5, 5.41) is 18.8. The lowest BCUT2D eigenvalue weighted by Crippen LogP contribution is -2.60. The van der Waals surface area contributed by atoms with E-state index < -0.39 is 18.0 Å². The second-order valence-electron chi connectivity index (χ2n) is 4.59. The Morgan fingerprint density at radius 2 is 2.06 bits per heavy atom. The van der Waals surface area contributed by atoms with Gasteiger partial charge in [0.1, 0.15) is 5.37 Å². The zero-order chi connectivity index (χ0) is 13.6. The number of amides is 1. The van der Waals surface area contributed by atoms with Crippen molar-refractivity contribution in [3.8, 4) is 0 Å². The quantitative estimate of drug-likeness (QED) is 0.759. The summed E-state index contributed by atoms with van der Waals surface area (Å²) >= 11 is 2.82. The van der Waals surface area contributed by atoms with Crippen LogP contribution in [0.15, 0.2) is 9.93 Å². The molecule has 0 bridgehead atoms. The molecule has 2 unspecified atom stereocenters. The highest BCUT2D eigenvalue weighted by molar-refractivity contribution is 8.23. The molecule has 2 aliphatic rings. The summed E-state index contributed by atoms with van der Waals surface area (Å²) in [6.07, 6.45) is -0.746. The highest BCUT2D eigenvalue weighted by atomic mass is 32.2. The van der Waals surface area contributed by atoms with Crippen molar-refractivity contribution in [2.45, 2.75) is 37.5 Å². The third-order valence-electron chi connectivity index (χ3n) is 2.81. The number of β-lactam (4-membered cyclic amide) rings is 1. The summed E-state index contributed by atoms with van der Waals surface area (Å²) in [6.45, 7) is 5.51. The van der Waals surface area contributed by atoms with Crippen molar-refractivity contribution in [2.75, 3.05) is 0 Å². The normalized spacial score (nSPS) is 28.5. The van der Waals surface area contributed by atoms with Gasteiger partial charge in [-0.15, -0.1) is 11.8 Å². The maximum Gasteiger partial charge on any atom is 0.354 e. The van der Waals surface area contributed by atoms with Gasteiger partial charge in [0.25, 0.3) is 0 Å². The van der Waals surface area contributed by atoms with Gasteiger partial charge in [-0.05, 0) is 6.92 Å². The number of carboxylic acid groups (broad SMARTS) is 1. The molecule has 0 aromatic carbocycles. The lowest BCUT2D eigenvalue weighted by molar-refractivity contribution is -0.156. The predicted octanol–water partition coefficient (Wildman–Crippen LogP) is 1.29. The van der Waals surface area contributed by atoms with E-state index in [-0.39, 0.29) is 22.2 Å². The van der Waals surface area contributed by atoms with Gasteiger partial charge in [0.05, 0.1) is 16.3 Å². The lowest BCUT2D eigenvalue weighted by Gasteiger charge is -2.43. The highest BCUT2D eigenvalue weighted by Gasteiger charge is 2.57. The summed E-state index contributed by atoms with van der Waals surface area (Å²) in [4.78, 5) is 24.4. The standard InChI is InChI=1S/C11H15NO4S2/c1-4(2)17-11-7(10(15)16)12-8(14)6(5(3)13)9(12)18-11/h4-6,9,13H,1-3H3,(H,15,16)/t5?,6?,9-/m1/s1. The van der Waals surface area contributed by atoms with Gasteiger partial charge in [0.2, 0.25) is 5.91 Å². The number of thioether (sulfide) groups is 2. The minimum atomic E-state index is -1.08. The molecule has 0 saturated carbocycles. The maximum atomic E-state index is 11.9. The van der Waals surface area contributed by atoms with Crippen molar-refractivity contribution in [2.24, 2.45) is 5.92 Å². The van der Waals surface area contributed by atoms with Crippen LogP contribution >= 0.6 is 23.5 Å². The van der Waals surface area contributed by atoms with E-state index in [9.17, 15) is 19.8 Å². The Bertz CT molecular complexity index is 433. The second-order valence-corrected chi connectivity index (χ2v) is 7.56. The molecule has 5 nitrogen and oxygen atoms in total. The zero-order valence-corrected chi connectivity index (χ0v) is 11.9. The maximum absolute atomic E-state index is 11.9. The molecule has 1 amide bonds. The average Bonchev–Trinajstić information content (AvgIpc) is 2.51. The average molecular weight is 289 g/mol. The molecule has 0 aromatic heterocycles. The molecule has 2 N–H and O–H groups in total. The van der Waals surface area contributed by atoms with Crippen LogP contribution in [0.4, 0.5) is 0 Å². The number of fused-ring (bicyclic) bond motifs is 1. The van der Waals surface area contributed by atoms with E-state index >= 15 is 0 Å². The van der Waals surface area contributed by atoms with Crippen LogP contribution in [0.5, 0.6) is 0 Å². The third kappa shape index (κ3) is 2.04. The van der Waals surface area contributed by atoms with Gasteiger partial charge in [0, 0.05) is 5.25 Å². The van der Waals surface area contributed by atoms with Crippen LogP contribution in [0.1, 0.15) is 20.8 Å². The molecule has 0 spiro atoms. The molecule has 18 heavy (non-hydrogen) atoms. The molecule has 0 aromatic rings. The molecule has 2 rings (SSSR count). The molecule has 3 atom stereocenters. The monoisotopic (exact) mass is 289 g/mol. The number of rotatable bonds is 4. The first-order valence-corrected chi connectivity index (χ1v) is 7.42. The topological polar surface area (TPSA) is 77.8 Å². The Balaban J connectivity index is 2.27. The molecule has 2 aliphatic heterocycles. The number of carbonyl (C=O) groups excluding carboxylic acids is 1. The molecule has 100 valence electrons. The van der Waals surface area contributed by atoms with E-state index in [4.69, 9.17) is 0 Å². The minimum Gasteiger partial charge on any atom is -0.477 e. The Morgan fingerprint density at radius 1 is 1.44 bits per heavy atom. The molecule has 0 radical (unpaired) electrons. The predicted molar refractivity (Wildman–Crippen MR) is 70.8 cm³/mol. The SMILES string of the molecule is CC(C)SC1=C(C(=O)O)N2C(=O)C(C(C)O)[C@H]2S1. The van der Waals surface area contributed by atoms with Crippen molar-refractivity contribution in [3.63, 3.8) is 0 Å². The van der Waals surface area contributed by atoms with Crippen molar-refractivity contribution >= 4 is 35.4 Å².